The van der Waals surface area contributed by atoms with Gasteiger partial charge >= 0.3 is 18.2 Å². The average molecular weight is 374 g/mol. The number of hydrogen-bond acceptors (Lipinski definition) is 3. The summed E-state index contributed by atoms with van der Waals surface area (Å²) in [6.07, 6.45) is -3.78. The van der Waals surface area contributed by atoms with Gasteiger partial charge in [-0.25, -0.2) is 4.79 Å². The van der Waals surface area contributed by atoms with E-state index in [1.807, 2.05) is 6.92 Å². The third-order valence-corrected chi connectivity index (χ3v) is 4.18. The van der Waals surface area contributed by atoms with E-state index in [0.717, 1.165) is 16.9 Å². The number of nitrogens with zero attached hydrogens (tertiary/aromatic N) is 1. The van der Waals surface area contributed by atoms with E-state index in [4.69, 9.17) is 9.84 Å². The van der Waals surface area contributed by atoms with Gasteiger partial charge in [0, 0.05) is 19.6 Å². The second-order valence-corrected chi connectivity index (χ2v) is 6.15. The summed E-state index contributed by atoms with van der Waals surface area (Å²) in [6, 6.07) is 6.26. The SMILES string of the molecule is CCCOc1ccc(CNC(=O)N2C[C@@H](C(F)(F)F)[C@H](C(=O)O)C2)cc1. The number of carboxylic acid groups (broad SMARTS) is 1. The van der Waals surface area contributed by atoms with E-state index >= 15 is 0 Å². The fourth-order valence-electron chi connectivity index (χ4n) is 2.76. The number of aliphatic carboxylic acids is 1. The molecule has 0 aromatic heterocycles. The van der Waals surface area contributed by atoms with E-state index in [0.29, 0.717) is 12.4 Å². The number of benzene rings is 1. The molecule has 0 spiro atoms. The number of likely N-dealkylation sites (tertiary alicyclic amines) is 1. The van der Waals surface area contributed by atoms with Crippen LogP contribution in [0.3, 0.4) is 0 Å². The van der Waals surface area contributed by atoms with Crippen LogP contribution in [0.25, 0.3) is 0 Å². The summed E-state index contributed by atoms with van der Waals surface area (Å²) in [6.45, 7) is 1.58. The highest BCUT2D eigenvalue weighted by molar-refractivity contribution is 5.77. The Morgan fingerprint density at radius 3 is 2.42 bits per heavy atom. The van der Waals surface area contributed by atoms with Crippen molar-refractivity contribution in [2.75, 3.05) is 19.7 Å². The third-order valence-electron chi connectivity index (χ3n) is 4.18. The number of hydrogen-bond donors (Lipinski definition) is 2. The number of urea groups is 1. The van der Waals surface area contributed by atoms with Crippen molar-refractivity contribution in [2.24, 2.45) is 11.8 Å². The van der Waals surface area contributed by atoms with Gasteiger partial charge in [0.2, 0.25) is 0 Å². The predicted octanol–water partition coefficient (Wildman–Crippen LogP) is 2.88. The molecule has 144 valence electrons. The molecule has 0 aliphatic carbocycles. The quantitative estimate of drug-likeness (QED) is 0.803. The van der Waals surface area contributed by atoms with Gasteiger partial charge in [-0.2, -0.15) is 13.2 Å². The minimum Gasteiger partial charge on any atom is -0.494 e. The van der Waals surface area contributed by atoms with Gasteiger partial charge in [0.1, 0.15) is 5.75 Å². The van der Waals surface area contributed by atoms with Gasteiger partial charge in [-0.05, 0) is 24.1 Å². The maximum atomic E-state index is 13.0. The van der Waals surface area contributed by atoms with Crippen molar-refractivity contribution in [3.63, 3.8) is 0 Å². The van der Waals surface area contributed by atoms with Crippen LogP contribution in [0.4, 0.5) is 18.0 Å². The molecule has 0 bridgehead atoms. The molecular weight excluding hydrogens is 353 g/mol. The fourth-order valence-corrected chi connectivity index (χ4v) is 2.76. The number of ether oxygens (including phenoxy) is 1. The summed E-state index contributed by atoms with van der Waals surface area (Å²) < 4.78 is 44.3. The molecule has 2 N–H and O–H groups in total. The van der Waals surface area contributed by atoms with E-state index in [9.17, 15) is 22.8 Å². The number of carbonyl (C=O) groups excluding carboxylic acids is 1. The molecule has 2 rings (SSSR count). The molecule has 1 saturated heterocycles. The molecule has 0 saturated carbocycles. The smallest absolute Gasteiger partial charge is 0.394 e. The molecule has 0 radical (unpaired) electrons. The molecule has 9 heteroatoms. The Bertz CT molecular complexity index is 634. The molecule has 1 aromatic rings. The Morgan fingerprint density at radius 2 is 1.92 bits per heavy atom. The van der Waals surface area contributed by atoms with Crippen LogP contribution in [0.1, 0.15) is 18.9 Å². The molecule has 0 unspecified atom stereocenters. The van der Waals surface area contributed by atoms with Crippen LogP contribution < -0.4 is 10.1 Å². The lowest BCUT2D eigenvalue weighted by Gasteiger charge is -2.18. The first-order valence-corrected chi connectivity index (χ1v) is 8.26. The highest BCUT2D eigenvalue weighted by Gasteiger charge is 2.53. The number of alkyl halides is 3. The molecule has 1 aromatic carbocycles. The summed E-state index contributed by atoms with van der Waals surface area (Å²) in [7, 11) is 0. The first-order valence-electron chi connectivity index (χ1n) is 8.26. The molecule has 1 fully saturated rings. The van der Waals surface area contributed by atoms with Crippen LogP contribution in [0.15, 0.2) is 24.3 Å². The highest BCUT2D eigenvalue weighted by atomic mass is 19.4. The lowest BCUT2D eigenvalue weighted by atomic mass is 9.96. The van der Waals surface area contributed by atoms with Crippen molar-refractivity contribution in [3.8, 4) is 5.75 Å². The predicted molar refractivity (Wildman–Crippen MR) is 86.7 cm³/mol. The van der Waals surface area contributed by atoms with E-state index in [2.05, 4.69) is 5.32 Å². The lowest BCUT2D eigenvalue weighted by molar-refractivity contribution is -0.187. The Morgan fingerprint density at radius 1 is 1.27 bits per heavy atom. The number of rotatable bonds is 6. The Hall–Kier alpha value is -2.45. The van der Waals surface area contributed by atoms with Gasteiger partial charge < -0.3 is 20.1 Å². The van der Waals surface area contributed by atoms with Crippen LogP contribution in [-0.2, 0) is 11.3 Å². The Kier molecular flexibility index (Phi) is 6.33. The average Bonchev–Trinajstić information content (AvgIpc) is 3.05. The van der Waals surface area contributed by atoms with Crippen LogP contribution in [0, 0.1) is 11.8 Å². The minimum atomic E-state index is -4.66. The van der Waals surface area contributed by atoms with Gasteiger partial charge in [-0.15, -0.1) is 0 Å². The standard InChI is InChI=1S/C17H21F3N2O4/c1-2-7-26-12-5-3-11(4-6-12)8-21-16(25)22-9-13(15(23)24)14(10-22)17(18,19)20/h3-6,13-14H,2,7-10H2,1H3,(H,21,25)(H,23,24)/t13-,14-/m1/s1. The second kappa shape index (κ2) is 8.29. The van der Waals surface area contributed by atoms with Crippen molar-refractivity contribution in [1.29, 1.82) is 0 Å². The second-order valence-electron chi connectivity index (χ2n) is 6.15. The third kappa shape index (κ3) is 5.03. The maximum absolute atomic E-state index is 13.0. The van der Waals surface area contributed by atoms with Crippen LogP contribution >= 0.6 is 0 Å². The number of carboxylic acids is 1. The Labute approximate surface area is 148 Å². The molecule has 2 atom stereocenters. The van der Waals surface area contributed by atoms with Crippen molar-refractivity contribution in [3.05, 3.63) is 29.8 Å². The summed E-state index contributed by atoms with van der Waals surface area (Å²) >= 11 is 0. The van der Waals surface area contributed by atoms with Crippen LogP contribution in [-0.4, -0.2) is 47.9 Å². The molecular formula is C17H21F3N2O4. The number of carbonyl (C=O) groups is 2. The number of halogens is 3. The van der Waals surface area contributed by atoms with E-state index in [-0.39, 0.29) is 6.54 Å². The maximum Gasteiger partial charge on any atom is 0.394 e. The van der Waals surface area contributed by atoms with Gasteiger partial charge in [0.15, 0.2) is 0 Å². The van der Waals surface area contributed by atoms with Crippen LogP contribution in [0.5, 0.6) is 5.75 Å². The Balaban J connectivity index is 1.90. The van der Waals surface area contributed by atoms with Crippen molar-refractivity contribution < 1.29 is 32.6 Å². The summed E-state index contributed by atoms with van der Waals surface area (Å²) in [4.78, 5) is 24.0. The topological polar surface area (TPSA) is 78.9 Å². The zero-order valence-corrected chi connectivity index (χ0v) is 14.3. The largest absolute Gasteiger partial charge is 0.494 e. The molecule has 26 heavy (non-hydrogen) atoms. The molecule has 2 amide bonds. The summed E-state index contributed by atoms with van der Waals surface area (Å²) in [5, 5.41) is 11.5. The monoisotopic (exact) mass is 374 g/mol. The van der Waals surface area contributed by atoms with Gasteiger partial charge in [0.05, 0.1) is 18.4 Å². The van der Waals surface area contributed by atoms with E-state index in [1.54, 1.807) is 24.3 Å². The molecule has 1 heterocycles. The summed E-state index contributed by atoms with van der Waals surface area (Å²) in [5.41, 5.74) is 0.753. The molecule has 6 nitrogen and oxygen atoms in total. The normalized spacial score (nSPS) is 20.1. The number of nitrogens with one attached hydrogen (secondary N) is 1. The molecule has 1 aliphatic heterocycles. The first-order chi connectivity index (χ1) is 12.2. The van der Waals surface area contributed by atoms with Gasteiger partial charge in [0.25, 0.3) is 0 Å². The first kappa shape index (κ1) is 19.9. The van der Waals surface area contributed by atoms with E-state index < -0.39 is 43.1 Å². The molecule has 1 aliphatic rings. The van der Waals surface area contributed by atoms with Gasteiger partial charge in [-0.3, -0.25) is 4.79 Å². The van der Waals surface area contributed by atoms with E-state index in [1.165, 1.54) is 0 Å². The van der Waals surface area contributed by atoms with Crippen molar-refractivity contribution >= 4 is 12.0 Å². The minimum absolute atomic E-state index is 0.123. The lowest BCUT2D eigenvalue weighted by Crippen LogP contribution is -2.39. The van der Waals surface area contributed by atoms with Gasteiger partial charge in [-0.1, -0.05) is 19.1 Å². The fraction of sp³-hybridized carbons (Fsp3) is 0.529. The zero-order valence-electron chi connectivity index (χ0n) is 14.3. The zero-order chi connectivity index (χ0) is 19.3. The van der Waals surface area contributed by atoms with Crippen molar-refractivity contribution in [1.82, 2.24) is 10.2 Å². The number of amides is 2. The highest BCUT2D eigenvalue weighted by Crippen LogP contribution is 2.37. The summed E-state index contributed by atoms with van der Waals surface area (Å²) in [5.74, 6) is -4.56. The van der Waals surface area contributed by atoms with Crippen LogP contribution in [0.2, 0.25) is 0 Å². The van der Waals surface area contributed by atoms with Crippen molar-refractivity contribution in [2.45, 2.75) is 26.1 Å².